The van der Waals surface area contributed by atoms with Crippen molar-refractivity contribution in [3.8, 4) is 0 Å². The average molecular weight is 287 g/mol. The predicted octanol–water partition coefficient (Wildman–Crippen LogP) is 2.85. The number of hydrogen-bond donors (Lipinski definition) is 1. The number of fused-ring (bicyclic) bond motifs is 1. The third-order valence-corrected chi connectivity index (χ3v) is 4.39. The van der Waals surface area contributed by atoms with Crippen molar-refractivity contribution in [2.24, 2.45) is 0 Å². The lowest BCUT2D eigenvalue weighted by Crippen LogP contribution is -2.36. The van der Waals surface area contributed by atoms with Crippen molar-refractivity contribution in [1.29, 1.82) is 0 Å². The van der Waals surface area contributed by atoms with Gasteiger partial charge in [0.25, 0.3) is 0 Å². The van der Waals surface area contributed by atoms with Crippen molar-refractivity contribution in [2.45, 2.75) is 57.7 Å². The van der Waals surface area contributed by atoms with Crippen LogP contribution in [0.15, 0.2) is 30.6 Å². The van der Waals surface area contributed by atoms with Crippen LogP contribution in [0.25, 0.3) is 5.65 Å². The number of rotatable bonds is 4. The molecule has 0 saturated carbocycles. The van der Waals surface area contributed by atoms with E-state index in [1.807, 2.05) is 31.3 Å². The van der Waals surface area contributed by atoms with Crippen LogP contribution in [0.3, 0.4) is 0 Å². The molecule has 0 amide bonds. The van der Waals surface area contributed by atoms with Gasteiger partial charge in [-0.2, -0.15) is 0 Å². The fourth-order valence-corrected chi connectivity index (χ4v) is 3.38. The standard InChI is InChI=1S/C17H25N3O/c1-14(21)11-16-7-3-2-5-9-19(16)12-15-13-20-10-6-4-8-17(20)18-15/h4,6,8,10,13-14,16,21H,2-3,5,7,9,11-12H2,1H3. The van der Waals surface area contributed by atoms with E-state index in [4.69, 9.17) is 4.98 Å². The fraction of sp³-hybridized carbons (Fsp3) is 0.588. The van der Waals surface area contributed by atoms with Crippen LogP contribution in [0.1, 0.15) is 44.7 Å². The summed E-state index contributed by atoms with van der Waals surface area (Å²) in [6.45, 7) is 3.90. The van der Waals surface area contributed by atoms with Crippen LogP contribution in [-0.2, 0) is 6.54 Å². The molecule has 0 aromatic carbocycles. The quantitative estimate of drug-likeness (QED) is 0.940. The van der Waals surface area contributed by atoms with Crippen LogP contribution in [0, 0.1) is 0 Å². The number of likely N-dealkylation sites (tertiary alicyclic amines) is 1. The van der Waals surface area contributed by atoms with Gasteiger partial charge in [-0.3, -0.25) is 4.90 Å². The number of aliphatic hydroxyl groups excluding tert-OH is 1. The Kier molecular flexibility index (Phi) is 4.56. The first-order chi connectivity index (χ1) is 10.2. The summed E-state index contributed by atoms with van der Waals surface area (Å²) in [7, 11) is 0. The largest absolute Gasteiger partial charge is 0.393 e. The second-order valence-corrected chi connectivity index (χ2v) is 6.26. The van der Waals surface area contributed by atoms with E-state index in [9.17, 15) is 5.11 Å². The maximum atomic E-state index is 9.75. The highest BCUT2D eigenvalue weighted by atomic mass is 16.3. The zero-order valence-corrected chi connectivity index (χ0v) is 12.8. The van der Waals surface area contributed by atoms with Gasteiger partial charge >= 0.3 is 0 Å². The van der Waals surface area contributed by atoms with E-state index < -0.39 is 0 Å². The minimum Gasteiger partial charge on any atom is -0.393 e. The molecule has 3 heterocycles. The van der Waals surface area contributed by atoms with Crippen molar-refractivity contribution in [1.82, 2.24) is 14.3 Å². The van der Waals surface area contributed by atoms with Crippen LogP contribution < -0.4 is 0 Å². The molecule has 2 atom stereocenters. The molecule has 1 aliphatic heterocycles. The van der Waals surface area contributed by atoms with Crippen LogP contribution in [0.4, 0.5) is 0 Å². The number of aliphatic hydroxyl groups is 1. The minimum atomic E-state index is -0.225. The molecule has 21 heavy (non-hydrogen) atoms. The molecule has 4 heteroatoms. The third-order valence-electron chi connectivity index (χ3n) is 4.39. The molecule has 1 saturated heterocycles. The summed E-state index contributed by atoms with van der Waals surface area (Å²) >= 11 is 0. The van der Waals surface area contributed by atoms with Crippen molar-refractivity contribution in [2.75, 3.05) is 6.54 Å². The highest BCUT2D eigenvalue weighted by Gasteiger charge is 2.23. The zero-order valence-electron chi connectivity index (χ0n) is 12.8. The highest BCUT2D eigenvalue weighted by Crippen LogP contribution is 2.22. The number of nitrogens with zero attached hydrogens (tertiary/aromatic N) is 3. The minimum absolute atomic E-state index is 0.225. The zero-order chi connectivity index (χ0) is 14.7. The van der Waals surface area contributed by atoms with Crippen LogP contribution >= 0.6 is 0 Å². The van der Waals surface area contributed by atoms with Crippen molar-refractivity contribution < 1.29 is 5.11 Å². The highest BCUT2D eigenvalue weighted by molar-refractivity contribution is 5.39. The molecule has 3 rings (SSSR count). The molecular formula is C17H25N3O. The Morgan fingerprint density at radius 3 is 3.05 bits per heavy atom. The summed E-state index contributed by atoms with van der Waals surface area (Å²) in [5.74, 6) is 0. The van der Waals surface area contributed by atoms with Gasteiger partial charge in [-0.1, -0.05) is 18.9 Å². The fourth-order valence-electron chi connectivity index (χ4n) is 3.38. The molecule has 2 unspecified atom stereocenters. The van der Waals surface area contributed by atoms with Crippen molar-refractivity contribution >= 4 is 5.65 Å². The predicted molar refractivity (Wildman–Crippen MR) is 84.2 cm³/mol. The molecule has 0 radical (unpaired) electrons. The summed E-state index contributed by atoms with van der Waals surface area (Å²) in [4.78, 5) is 7.23. The molecular weight excluding hydrogens is 262 g/mol. The van der Waals surface area contributed by atoms with Gasteiger partial charge in [0.2, 0.25) is 0 Å². The van der Waals surface area contributed by atoms with Gasteiger partial charge < -0.3 is 9.51 Å². The van der Waals surface area contributed by atoms with Gasteiger partial charge in [-0.25, -0.2) is 4.98 Å². The van der Waals surface area contributed by atoms with Gasteiger partial charge in [0.15, 0.2) is 0 Å². The summed E-state index contributed by atoms with van der Waals surface area (Å²) in [6, 6.07) is 6.58. The van der Waals surface area contributed by atoms with Crippen molar-refractivity contribution in [3.05, 3.63) is 36.3 Å². The number of hydrogen-bond acceptors (Lipinski definition) is 3. The Balaban J connectivity index is 1.76. The molecule has 1 N–H and O–H groups in total. The first-order valence-electron chi connectivity index (χ1n) is 8.07. The molecule has 1 aliphatic rings. The van der Waals surface area contributed by atoms with E-state index in [0.29, 0.717) is 6.04 Å². The van der Waals surface area contributed by atoms with Gasteiger partial charge in [0, 0.05) is 25.0 Å². The maximum Gasteiger partial charge on any atom is 0.137 e. The second-order valence-electron chi connectivity index (χ2n) is 6.26. The molecule has 2 aromatic rings. The topological polar surface area (TPSA) is 40.8 Å². The lowest BCUT2D eigenvalue weighted by molar-refractivity contribution is 0.107. The number of aromatic nitrogens is 2. The van der Waals surface area contributed by atoms with E-state index in [0.717, 1.165) is 30.9 Å². The third kappa shape index (κ3) is 3.63. The first kappa shape index (κ1) is 14.5. The van der Waals surface area contributed by atoms with Gasteiger partial charge in [-0.05, 0) is 44.9 Å². The van der Waals surface area contributed by atoms with Gasteiger partial charge in [-0.15, -0.1) is 0 Å². The van der Waals surface area contributed by atoms with Crippen molar-refractivity contribution in [3.63, 3.8) is 0 Å². The SMILES string of the molecule is CC(O)CC1CCCCCN1Cc1cn2ccccc2n1. The van der Waals surface area contributed by atoms with E-state index in [1.54, 1.807) is 0 Å². The maximum absolute atomic E-state index is 9.75. The van der Waals surface area contributed by atoms with Gasteiger partial charge in [0.1, 0.15) is 5.65 Å². The molecule has 0 aliphatic carbocycles. The Hall–Kier alpha value is -1.39. The van der Waals surface area contributed by atoms with E-state index in [-0.39, 0.29) is 6.10 Å². The summed E-state index contributed by atoms with van der Waals surface area (Å²) in [5.41, 5.74) is 2.13. The smallest absolute Gasteiger partial charge is 0.137 e. The summed E-state index contributed by atoms with van der Waals surface area (Å²) in [5, 5.41) is 9.75. The normalized spacial score (nSPS) is 22.3. The lowest BCUT2D eigenvalue weighted by Gasteiger charge is -2.30. The Bertz CT molecular complexity index is 545. The van der Waals surface area contributed by atoms with Gasteiger partial charge in [0.05, 0.1) is 11.8 Å². The summed E-state index contributed by atoms with van der Waals surface area (Å²) in [6.07, 6.45) is 9.84. The van der Waals surface area contributed by atoms with Crippen LogP contribution in [0.2, 0.25) is 0 Å². The Labute approximate surface area is 126 Å². The summed E-state index contributed by atoms with van der Waals surface area (Å²) < 4.78 is 2.08. The number of imidazole rings is 1. The van der Waals surface area contributed by atoms with E-state index in [1.165, 1.54) is 25.7 Å². The van der Waals surface area contributed by atoms with E-state index >= 15 is 0 Å². The molecule has 0 spiro atoms. The Morgan fingerprint density at radius 1 is 1.33 bits per heavy atom. The Morgan fingerprint density at radius 2 is 2.24 bits per heavy atom. The van der Waals surface area contributed by atoms with Crippen LogP contribution in [-0.4, -0.2) is 38.1 Å². The number of pyridine rings is 1. The molecule has 0 bridgehead atoms. The average Bonchev–Trinajstić information content (AvgIpc) is 2.74. The lowest BCUT2D eigenvalue weighted by atomic mass is 10.0. The monoisotopic (exact) mass is 287 g/mol. The van der Waals surface area contributed by atoms with Crippen LogP contribution in [0.5, 0.6) is 0 Å². The molecule has 2 aromatic heterocycles. The second kappa shape index (κ2) is 6.58. The van der Waals surface area contributed by atoms with E-state index in [2.05, 4.69) is 15.5 Å². The first-order valence-corrected chi connectivity index (χ1v) is 8.07. The molecule has 4 nitrogen and oxygen atoms in total. The molecule has 1 fully saturated rings. The molecule has 114 valence electrons.